The highest BCUT2D eigenvalue weighted by Crippen LogP contribution is 2.43. The zero-order valence-corrected chi connectivity index (χ0v) is 23.0. The molecule has 1 amide bonds. The first kappa shape index (κ1) is 27.8. The summed E-state index contributed by atoms with van der Waals surface area (Å²) in [4.78, 5) is 15.0. The third kappa shape index (κ3) is 5.77. The summed E-state index contributed by atoms with van der Waals surface area (Å²) in [5.74, 6) is -4.77. The van der Waals surface area contributed by atoms with Crippen LogP contribution in [0, 0.1) is 34.7 Å². The van der Waals surface area contributed by atoms with E-state index in [1.165, 1.54) is 17.3 Å². The lowest BCUT2D eigenvalue weighted by molar-refractivity contribution is -0.120. The predicted octanol–water partition coefficient (Wildman–Crippen LogP) is 5.80. The molecule has 7 nitrogen and oxygen atoms in total. The van der Waals surface area contributed by atoms with Crippen LogP contribution in [0.15, 0.2) is 30.6 Å². The standard InChI is InChI=1S/C26H27ClF3N5O2Si/c1-38(2,3)9-8-37-15-35-21(13-31)22(18-4-6-32-33-14-18)23(27)25(35)34-7-5-17(26(34)36)10-16-11-19(28)24(30)20(29)12-16/h4,6,11-12,14,17H,5,7-10,15H2,1-3H3. The normalized spacial score (nSPS) is 15.8. The lowest BCUT2D eigenvalue weighted by atomic mass is 9.98. The number of ether oxygens (including phenoxy) is 1. The zero-order valence-electron chi connectivity index (χ0n) is 21.3. The fourth-order valence-corrected chi connectivity index (χ4v) is 5.63. The summed E-state index contributed by atoms with van der Waals surface area (Å²) in [6.07, 6.45) is 3.37. The zero-order chi connectivity index (χ0) is 27.6. The van der Waals surface area contributed by atoms with Crippen molar-refractivity contribution in [1.29, 1.82) is 5.26 Å². The van der Waals surface area contributed by atoms with E-state index in [-0.39, 0.29) is 41.9 Å². The molecule has 1 saturated heterocycles. The number of rotatable bonds is 9. The Bertz CT molecular complexity index is 1370. The minimum atomic E-state index is -1.55. The van der Waals surface area contributed by atoms with Gasteiger partial charge in [0.2, 0.25) is 5.91 Å². The van der Waals surface area contributed by atoms with Crippen LogP contribution in [0.4, 0.5) is 19.0 Å². The number of halogens is 4. The average molecular weight is 562 g/mol. The molecule has 38 heavy (non-hydrogen) atoms. The van der Waals surface area contributed by atoms with Gasteiger partial charge in [0.1, 0.15) is 24.3 Å². The van der Waals surface area contributed by atoms with Crippen LogP contribution in [-0.2, 0) is 22.7 Å². The molecule has 3 heterocycles. The van der Waals surface area contributed by atoms with E-state index in [9.17, 15) is 23.2 Å². The Morgan fingerprint density at radius 3 is 2.53 bits per heavy atom. The van der Waals surface area contributed by atoms with E-state index in [1.807, 2.05) is 0 Å². The minimum absolute atomic E-state index is 0.00374. The van der Waals surface area contributed by atoms with E-state index in [0.29, 0.717) is 30.0 Å². The van der Waals surface area contributed by atoms with Crippen LogP contribution in [0.5, 0.6) is 0 Å². The maximum atomic E-state index is 13.7. The quantitative estimate of drug-likeness (QED) is 0.187. The molecule has 1 unspecified atom stereocenters. The van der Waals surface area contributed by atoms with E-state index in [0.717, 1.165) is 18.2 Å². The summed E-state index contributed by atoms with van der Waals surface area (Å²) in [5, 5.41) is 18.0. The molecule has 0 radical (unpaired) electrons. The van der Waals surface area contributed by atoms with Gasteiger partial charge in [-0.25, -0.2) is 13.2 Å². The molecule has 2 aromatic heterocycles. The van der Waals surface area contributed by atoms with E-state index in [2.05, 4.69) is 35.9 Å². The second kappa shape index (κ2) is 11.3. The van der Waals surface area contributed by atoms with Crippen molar-refractivity contribution in [3.63, 3.8) is 0 Å². The molecule has 1 aliphatic heterocycles. The van der Waals surface area contributed by atoms with Crippen LogP contribution in [0.2, 0.25) is 30.7 Å². The topological polar surface area (TPSA) is 84.0 Å². The Morgan fingerprint density at radius 2 is 1.92 bits per heavy atom. The predicted molar refractivity (Wildman–Crippen MR) is 140 cm³/mol. The number of aromatic nitrogens is 3. The SMILES string of the molecule is C[Si](C)(C)CCOCn1c(C#N)c(-c2ccnnc2)c(Cl)c1N1CCC(Cc2cc(F)c(F)c(F)c2)C1=O. The fraction of sp³-hybridized carbons (Fsp3) is 0.385. The highest BCUT2D eigenvalue weighted by molar-refractivity contribution is 6.76. The van der Waals surface area contributed by atoms with Gasteiger partial charge in [-0.15, -0.1) is 0 Å². The van der Waals surface area contributed by atoms with Gasteiger partial charge < -0.3 is 4.74 Å². The molecule has 1 fully saturated rings. The summed E-state index contributed by atoms with van der Waals surface area (Å²) in [6, 6.07) is 6.57. The Labute approximate surface area is 224 Å². The maximum absolute atomic E-state index is 13.7. The molecule has 1 aromatic carbocycles. The highest BCUT2D eigenvalue weighted by Gasteiger charge is 2.38. The molecule has 3 aromatic rings. The summed E-state index contributed by atoms with van der Waals surface area (Å²) < 4.78 is 48.4. The van der Waals surface area contributed by atoms with Gasteiger partial charge in [0.25, 0.3) is 0 Å². The van der Waals surface area contributed by atoms with Crippen molar-refractivity contribution in [1.82, 2.24) is 14.8 Å². The van der Waals surface area contributed by atoms with Crippen molar-refractivity contribution in [2.45, 2.75) is 45.3 Å². The van der Waals surface area contributed by atoms with Gasteiger partial charge in [0.15, 0.2) is 17.5 Å². The number of carbonyl (C=O) groups is 1. The van der Waals surface area contributed by atoms with Crippen LogP contribution < -0.4 is 4.90 Å². The lowest BCUT2D eigenvalue weighted by Gasteiger charge is -2.21. The summed E-state index contributed by atoms with van der Waals surface area (Å²) in [5.41, 5.74) is 1.36. The molecule has 12 heteroatoms. The molecule has 0 N–H and O–H groups in total. The van der Waals surface area contributed by atoms with Gasteiger partial charge >= 0.3 is 0 Å². The number of amides is 1. The third-order valence-electron chi connectivity index (χ3n) is 6.47. The molecule has 0 bridgehead atoms. The maximum Gasteiger partial charge on any atom is 0.231 e. The first-order valence-electron chi connectivity index (χ1n) is 12.1. The number of anilines is 1. The summed E-state index contributed by atoms with van der Waals surface area (Å²) >= 11 is 6.84. The first-order chi connectivity index (χ1) is 18.0. The largest absolute Gasteiger partial charge is 0.361 e. The first-order valence-corrected chi connectivity index (χ1v) is 16.2. The fourth-order valence-electron chi connectivity index (χ4n) is 4.47. The minimum Gasteiger partial charge on any atom is -0.361 e. The van der Waals surface area contributed by atoms with Gasteiger partial charge in [-0.05, 0) is 42.6 Å². The molecule has 4 rings (SSSR count). The van der Waals surface area contributed by atoms with E-state index >= 15 is 0 Å². The van der Waals surface area contributed by atoms with Crippen LogP contribution in [-0.4, -0.2) is 41.9 Å². The lowest BCUT2D eigenvalue weighted by Crippen LogP contribution is -2.30. The second-order valence-corrected chi connectivity index (χ2v) is 16.4. The van der Waals surface area contributed by atoms with Crippen LogP contribution >= 0.6 is 11.6 Å². The van der Waals surface area contributed by atoms with Gasteiger partial charge in [0.05, 0.1) is 17.4 Å². The van der Waals surface area contributed by atoms with Crippen molar-refractivity contribution in [3.05, 3.63) is 64.3 Å². The van der Waals surface area contributed by atoms with Crippen molar-refractivity contribution >= 4 is 31.4 Å². The molecule has 1 aliphatic rings. The number of hydrogen-bond acceptors (Lipinski definition) is 5. The van der Waals surface area contributed by atoms with Gasteiger partial charge in [-0.2, -0.15) is 15.5 Å². The van der Waals surface area contributed by atoms with E-state index in [4.69, 9.17) is 16.3 Å². The molecule has 0 saturated carbocycles. The monoisotopic (exact) mass is 561 g/mol. The van der Waals surface area contributed by atoms with Gasteiger partial charge in [0, 0.05) is 38.3 Å². The van der Waals surface area contributed by atoms with Gasteiger partial charge in [-0.1, -0.05) is 31.2 Å². The van der Waals surface area contributed by atoms with E-state index in [1.54, 1.807) is 10.6 Å². The number of hydrogen-bond donors (Lipinski definition) is 0. The molecular formula is C26H27ClF3N5O2Si. The summed E-state index contributed by atoms with van der Waals surface area (Å²) in [7, 11) is -1.37. The smallest absolute Gasteiger partial charge is 0.231 e. The number of nitrogens with zero attached hydrogens (tertiary/aromatic N) is 5. The number of benzene rings is 1. The number of nitriles is 1. The average Bonchev–Trinajstić information content (AvgIpc) is 3.35. The number of carbonyl (C=O) groups excluding carboxylic acids is 1. The Balaban J connectivity index is 1.68. The third-order valence-corrected chi connectivity index (χ3v) is 8.53. The molecule has 200 valence electrons. The van der Waals surface area contributed by atoms with Crippen LogP contribution in [0.25, 0.3) is 11.1 Å². The Hall–Kier alpha value is -3.20. The van der Waals surface area contributed by atoms with Crippen LogP contribution in [0.3, 0.4) is 0 Å². The Kier molecular flexibility index (Phi) is 8.25. The van der Waals surface area contributed by atoms with Crippen molar-refractivity contribution < 1.29 is 22.7 Å². The highest BCUT2D eigenvalue weighted by atomic mass is 35.5. The van der Waals surface area contributed by atoms with Crippen molar-refractivity contribution in [3.8, 4) is 17.2 Å². The van der Waals surface area contributed by atoms with Crippen LogP contribution in [0.1, 0.15) is 17.7 Å². The second-order valence-electron chi connectivity index (χ2n) is 10.4. The Morgan fingerprint density at radius 1 is 1.21 bits per heavy atom. The molecule has 1 atom stereocenters. The van der Waals surface area contributed by atoms with Crippen molar-refractivity contribution in [2.24, 2.45) is 5.92 Å². The molecule has 0 aliphatic carbocycles. The van der Waals surface area contributed by atoms with Gasteiger partial charge in [-0.3, -0.25) is 14.3 Å². The van der Waals surface area contributed by atoms with Crippen molar-refractivity contribution in [2.75, 3.05) is 18.1 Å². The van der Waals surface area contributed by atoms with E-state index < -0.39 is 31.4 Å². The molecule has 0 spiro atoms. The molecular weight excluding hydrogens is 535 g/mol. The summed E-state index contributed by atoms with van der Waals surface area (Å²) in [6.45, 7) is 7.44.